The monoisotopic (exact) mass is 479 g/mol. The molecular formula is C30H25NO5. The molecular weight excluding hydrogens is 454 g/mol. The fraction of sp³-hybridized carbons (Fsp3) is 0.233. The van der Waals surface area contributed by atoms with Gasteiger partial charge >= 0.3 is 5.97 Å². The van der Waals surface area contributed by atoms with Crippen molar-refractivity contribution in [1.29, 1.82) is 0 Å². The van der Waals surface area contributed by atoms with Crippen molar-refractivity contribution in [1.82, 2.24) is 0 Å². The van der Waals surface area contributed by atoms with E-state index in [2.05, 4.69) is 0 Å². The topological polar surface area (TPSA) is 72.9 Å². The number of carbonyl (C=O) groups excluding carboxylic acids is 3. The maximum absolute atomic E-state index is 13.9. The van der Waals surface area contributed by atoms with Crippen LogP contribution in [0.2, 0.25) is 0 Å². The van der Waals surface area contributed by atoms with Crippen LogP contribution in [0.15, 0.2) is 72.8 Å². The minimum Gasteiger partial charge on any atom is -0.497 e. The van der Waals surface area contributed by atoms with Crippen LogP contribution < -0.4 is 14.4 Å². The molecule has 0 radical (unpaired) electrons. The molecule has 1 saturated heterocycles. The molecule has 2 heterocycles. The molecule has 6 rings (SSSR count). The first-order valence-electron chi connectivity index (χ1n) is 12.0. The summed E-state index contributed by atoms with van der Waals surface area (Å²) in [6, 6.07) is 20.5. The van der Waals surface area contributed by atoms with Crippen LogP contribution >= 0.6 is 0 Å². The van der Waals surface area contributed by atoms with Gasteiger partial charge in [-0.1, -0.05) is 48.0 Å². The van der Waals surface area contributed by atoms with E-state index < -0.39 is 23.7 Å². The highest BCUT2D eigenvalue weighted by atomic mass is 16.5. The number of nitrogens with zero attached hydrogens (tertiary/aromatic N) is 1. The van der Waals surface area contributed by atoms with Gasteiger partial charge in [-0.3, -0.25) is 14.4 Å². The Morgan fingerprint density at radius 1 is 0.806 bits per heavy atom. The molecule has 0 saturated carbocycles. The molecule has 36 heavy (non-hydrogen) atoms. The van der Waals surface area contributed by atoms with Crippen LogP contribution in [0.1, 0.15) is 28.2 Å². The smallest absolute Gasteiger partial charge is 0.319 e. The second-order valence-corrected chi connectivity index (χ2v) is 9.72. The number of methoxy groups -OCH3 is 1. The molecule has 0 aromatic heterocycles. The van der Waals surface area contributed by atoms with Gasteiger partial charge in [0.1, 0.15) is 11.5 Å². The number of hydrogen-bond acceptors (Lipinski definition) is 5. The molecule has 1 aliphatic carbocycles. The molecule has 4 atom stereocenters. The molecule has 3 aromatic rings. The van der Waals surface area contributed by atoms with Gasteiger partial charge in [-0.25, -0.2) is 4.90 Å². The number of imide groups is 1. The standard InChI is InChI=1S/C30H25NO5/c1-16-4-9-19(10-5-16)31-28(32)25-22(18-7-11-20(35-3)12-8-18)15-23-21-13-6-17(2)14-24(21)36-30(34)26(23)27(25)29(31)33/h4-15,22,25-27H,1-3H3/t22-,25+,26-,27-/m0/s1. The Bertz CT molecular complexity index is 1440. The summed E-state index contributed by atoms with van der Waals surface area (Å²) in [5.41, 5.74) is 4.93. The number of carbonyl (C=O) groups is 3. The lowest BCUT2D eigenvalue weighted by Crippen LogP contribution is -2.42. The number of benzene rings is 3. The Hall–Kier alpha value is -4.19. The first-order valence-corrected chi connectivity index (χ1v) is 12.0. The predicted octanol–water partition coefficient (Wildman–Crippen LogP) is 4.83. The number of rotatable bonds is 3. The van der Waals surface area contributed by atoms with Crippen molar-refractivity contribution in [2.75, 3.05) is 12.0 Å². The zero-order valence-electron chi connectivity index (χ0n) is 20.2. The molecule has 0 unspecified atom stereocenters. The summed E-state index contributed by atoms with van der Waals surface area (Å²) in [6.07, 6.45) is 1.99. The Morgan fingerprint density at radius 2 is 1.47 bits per heavy atom. The molecule has 1 fully saturated rings. The van der Waals surface area contributed by atoms with Crippen molar-refractivity contribution >= 4 is 29.0 Å². The summed E-state index contributed by atoms with van der Waals surface area (Å²) >= 11 is 0. The van der Waals surface area contributed by atoms with Crippen molar-refractivity contribution in [2.45, 2.75) is 19.8 Å². The lowest BCUT2D eigenvalue weighted by atomic mass is 9.64. The summed E-state index contributed by atoms with van der Waals surface area (Å²) in [4.78, 5) is 42.4. The zero-order chi connectivity index (χ0) is 25.1. The van der Waals surface area contributed by atoms with Crippen molar-refractivity contribution in [3.05, 3.63) is 95.1 Å². The second-order valence-electron chi connectivity index (χ2n) is 9.72. The lowest BCUT2D eigenvalue weighted by molar-refractivity contribution is -0.142. The Morgan fingerprint density at radius 3 is 2.17 bits per heavy atom. The van der Waals surface area contributed by atoms with Gasteiger partial charge in [-0.2, -0.15) is 0 Å². The van der Waals surface area contributed by atoms with Gasteiger partial charge in [0, 0.05) is 11.5 Å². The summed E-state index contributed by atoms with van der Waals surface area (Å²) in [5.74, 6) is -2.77. The minimum atomic E-state index is -0.854. The summed E-state index contributed by atoms with van der Waals surface area (Å²) in [6.45, 7) is 3.88. The van der Waals surface area contributed by atoms with Gasteiger partial charge in [0.25, 0.3) is 0 Å². The van der Waals surface area contributed by atoms with E-state index in [1.807, 2.05) is 74.5 Å². The van der Waals surface area contributed by atoms with Gasteiger partial charge < -0.3 is 9.47 Å². The molecule has 0 N–H and O–H groups in total. The van der Waals surface area contributed by atoms with E-state index in [0.29, 0.717) is 17.2 Å². The van der Waals surface area contributed by atoms with Crippen LogP contribution in [0.3, 0.4) is 0 Å². The van der Waals surface area contributed by atoms with Gasteiger partial charge in [-0.15, -0.1) is 0 Å². The number of amides is 2. The molecule has 2 amide bonds. The van der Waals surface area contributed by atoms with Gasteiger partial charge in [0.2, 0.25) is 11.8 Å². The number of fused-ring (bicyclic) bond motifs is 5. The van der Waals surface area contributed by atoms with Crippen molar-refractivity contribution in [2.24, 2.45) is 17.8 Å². The van der Waals surface area contributed by atoms with Crippen LogP contribution in [0.5, 0.6) is 11.5 Å². The van der Waals surface area contributed by atoms with Crippen LogP contribution in [0.25, 0.3) is 5.57 Å². The van der Waals surface area contributed by atoms with Crippen LogP contribution in [-0.4, -0.2) is 24.9 Å². The fourth-order valence-electron chi connectivity index (χ4n) is 5.77. The maximum Gasteiger partial charge on any atom is 0.319 e. The van der Waals surface area contributed by atoms with Crippen molar-refractivity contribution in [3.8, 4) is 11.5 Å². The predicted molar refractivity (Wildman–Crippen MR) is 135 cm³/mol. The highest BCUT2D eigenvalue weighted by molar-refractivity contribution is 6.24. The number of esters is 1. The van der Waals surface area contributed by atoms with Crippen LogP contribution in [0, 0.1) is 31.6 Å². The molecule has 6 heteroatoms. The van der Waals surface area contributed by atoms with Crippen LogP contribution in [0.4, 0.5) is 5.69 Å². The highest BCUT2D eigenvalue weighted by Gasteiger charge is 2.60. The Balaban J connectivity index is 1.54. The molecule has 2 aliphatic heterocycles. The first kappa shape index (κ1) is 22.3. The van der Waals surface area contributed by atoms with E-state index in [1.54, 1.807) is 19.2 Å². The molecule has 3 aromatic carbocycles. The quantitative estimate of drug-likeness (QED) is 0.306. The third kappa shape index (κ3) is 3.28. The van der Waals surface area contributed by atoms with Crippen molar-refractivity contribution in [3.63, 3.8) is 0 Å². The van der Waals surface area contributed by atoms with Gasteiger partial charge in [-0.05, 0) is 60.9 Å². The number of allylic oxidation sites excluding steroid dienone is 1. The largest absolute Gasteiger partial charge is 0.497 e. The summed E-state index contributed by atoms with van der Waals surface area (Å²) in [7, 11) is 1.60. The van der Waals surface area contributed by atoms with Crippen LogP contribution in [-0.2, 0) is 14.4 Å². The van der Waals surface area contributed by atoms with E-state index in [-0.39, 0.29) is 17.7 Å². The average molecular weight is 480 g/mol. The Labute approximate surface area is 209 Å². The number of ether oxygens (including phenoxy) is 2. The number of anilines is 1. The summed E-state index contributed by atoms with van der Waals surface area (Å²) in [5, 5.41) is 0. The Kier molecular flexibility index (Phi) is 5.07. The number of hydrogen-bond donors (Lipinski definition) is 0. The molecule has 180 valence electrons. The normalized spacial score (nSPS) is 24.5. The fourth-order valence-corrected chi connectivity index (χ4v) is 5.77. The third-order valence-electron chi connectivity index (χ3n) is 7.54. The average Bonchev–Trinajstić information content (AvgIpc) is 3.14. The zero-order valence-corrected chi connectivity index (χ0v) is 20.2. The van der Waals surface area contributed by atoms with Gasteiger partial charge in [0.15, 0.2) is 0 Å². The molecule has 3 aliphatic rings. The maximum atomic E-state index is 13.9. The van der Waals surface area contributed by atoms with E-state index in [9.17, 15) is 14.4 Å². The molecule has 0 bridgehead atoms. The minimum absolute atomic E-state index is 0.299. The van der Waals surface area contributed by atoms with Crippen molar-refractivity contribution < 1.29 is 23.9 Å². The van der Waals surface area contributed by atoms with E-state index >= 15 is 0 Å². The molecule has 0 spiro atoms. The highest BCUT2D eigenvalue weighted by Crippen LogP contribution is 2.54. The second kappa shape index (κ2) is 8.19. The molecule has 6 nitrogen and oxygen atoms in total. The third-order valence-corrected chi connectivity index (χ3v) is 7.54. The SMILES string of the molecule is COc1ccc([C@@H]2C=C3c4ccc(C)cc4OC(=O)[C@@H]3[C@H]3C(=O)N(c4ccc(C)cc4)C(=O)[C@@H]32)cc1. The number of aryl methyl sites for hydroxylation is 2. The first-order chi connectivity index (χ1) is 17.4. The van der Waals surface area contributed by atoms with E-state index in [4.69, 9.17) is 9.47 Å². The summed E-state index contributed by atoms with van der Waals surface area (Å²) < 4.78 is 11.0. The lowest BCUT2D eigenvalue weighted by Gasteiger charge is -2.38. The van der Waals surface area contributed by atoms with E-state index in [0.717, 1.165) is 27.8 Å². The van der Waals surface area contributed by atoms with E-state index in [1.165, 1.54) is 4.90 Å². The van der Waals surface area contributed by atoms with Gasteiger partial charge in [0.05, 0.1) is 30.6 Å².